The van der Waals surface area contributed by atoms with Gasteiger partial charge in [-0.05, 0) is 36.2 Å². The van der Waals surface area contributed by atoms with Gasteiger partial charge in [-0.25, -0.2) is 4.98 Å². The maximum absolute atomic E-state index is 12.5. The number of rotatable bonds is 7. The number of halogens is 1. The second kappa shape index (κ2) is 8.88. The van der Waals surface area contributed by atoms with Gasteiger partial charge in [0.25, 0.3) is 5.56 Å². The molecule has 1 heterocycles. The van der Waals surface area contributed by atoms with Gasteiger partial charge in [0, 0.05) is 17.1 Å². The molecule has 3 rings (SSSR count). The number of carbonyl (C=O) groups is 1. The Hall–Kier alpha value is -2.87. The van der Waals surface area contributed by atoms with Crippen LogP contribution in [0.1, 0.15) is 5.56 Å². The fourth-order valence-corrected chi connectivity index (χ4v) is 3.21. The number of hydrogen-bond donors (Lipinski definition) is 1. The number of amides is 1. The molecule has 1 aromatic heterocycles. The zero-order valence-corrected chi connectivity index (χ0v) is 17.2. The number of methoxy groups -OCH3 is 2. The second-order valence-electron chi connectivity index (χ2n) is 6.12. The van der Waals surface area contributed by atoms with Crippen molar-refractivity contribution in [3.8, 4) is 11.5 Å². The van der Waals surface area contributed by atoms with Crippen LogP contribution >= 0.6 is 15.9 Å². The number of fused-ring (bicyclic) bond motifs is 1. The molecule has 0 aliphatic carbocycles. The lowest BCUT2D eigenvalue weighted by Crippen LogP contribution is -2.33. The lowest BCUT2D eigenvalue weighted by Gasteiger charge is -2.11. The molecule has 0 aliphatic rings. The standard InChI is InChI=1S/C20H20BrN3O4/c1-27-15-5-3-13(18(10-15)28-2)7-8-22-19(25)11-24-12-23-17-6-4-14(21)9-16(17)20(24)26/h3-6,9-10,12H,7-8,11H2,1-2H3,(H,22,25). The van der Waals surface area contributed by atoms with E-state index >= 15 is 0 Å². The predicted molar refractivity (Wildman–Crippen MR) is 110 cm³/mol. The van der Waals surface area contributed by atoms with Crippen LogP contribution in [0, 0.1) is 0 Å². The summed E-state index contributed by atoms with van der Waals surface area (Å²) in [6, 6.07) is 10.8. The Kier molecular flexibility index (Phi) is 6.30. The summed E-state index contributed by atoms with van der Waals surface area (Å²) in [6.45, 7) is 0.330. The molecule has 0 fully saturated rings. The summed E-state index contributed by atoms with van der Waals surface area (Å²) in [6.07, 6.45) is 1.99. The quantitative estimate of drug-likeness (QED) is 0.603. The maximum atomic E-state index is 12.5. The molecular formula is C20H20BrN3O4. The Labute approximate surface area is 170 Å². The molecule has 0 unspecified atom stereocenters. The molecule has 0 atom stereocenters. The number of nitrogens with one attached hydrogen (secondary N) is 1. The summed E-state index contributed by atoms with van der Waals surface area (Å²) in [5, 5.41) is 3.29. The first-order valence-electron chi connectivity index (χ1n) is 8.64. The van der Waals surface area contributed by atoms with E-state index in [0.717, 1.165) is 10.0 Å². The summed E-state index contributed by atoms with van der Waals surface area (Å²) >= 11 is 3.35. The lowest BCUT2D eigenvalue weighted by atomic mass is 10.1. The van der Waals surface area contributed by atoms with E-state index < -0.39 is 0 Å². The molecule has 7 nitrogen and oxygen atoms in total. The van der Waals surface area contributed by atoms with Gasteiger partial charge in [0.1, 0.15) is 18.0 Å². The van der Waals surface area contributed by atoms with Crippen molar-refractivity contribution in [2.24, 2.45) is 0 Å². The highest BCUT2D eigenvalue weighted by Gasteiger charge is 2.10. The van der Waals surface area contributed by atoms with Gasteiger partial charge in [0.15, 0.2) is 0 Å². The van der Waals surface area contributed by atoms with E-state index in [4.69, 9.17) is 9.47 Å². The SMILES string of the molecule is COc1ccc(CCNC(=O)Cn2cnc3ccc(Br)cc3c2=O)c(OC)c1. The highest BCUT2D eigenvalue weighted by molar-refractivity contribution is 9.10. The van der Waals surface area contributed by atoms with Crippen molar-refractivity contribution in [2.45, 2.75) is 13.0 Å². The molecule has 8 heteroatoms. The van der Waals surface area contributed by atoms with Gasteiger partial charge in [-0.2, -0.15) is 0 Å². The van der Waals surface area contributed by atoms with E-state index in [1.54, 1.807) is 32.4 Å². The van der Waals surface area contributed by atoms with Gasteiger partial charge >= 0.3 is 0 Å². The molecule has 146 valence electrons. The number of carbonyl (C=O) groups excluding carboxylic acids is 1. The van der Waals surface area contributed by atoms with E-state index in [1.807, 2.05) is 18.2 Å². The third-order valence-electron chi connectivity index (χ3n) is 4.31. The van der Waals surface area contributed by atoms with Crippen molar-refractivity contribution in [1.29, 1.82) is 0 Å². The van der Waals surface area contributed by atoms with Crippen LogP contribution in [-0.2, 0) is 17.8 Å². The van der Waals surface area contributed by atoms with Crippen molar-refractivity contribution < 1.29 is 14.3 Å². The zero-order chi connectivity index (χ0) is 20.1. The number of hydrogen-bond acceptors (Lipinski definition) is 5. The average Bonchev–Trinajstić information content (AvgIpc) is 2.70. The predicted octanol–water partition coefficient (Wildman–Crippen LogP) is 2.54. The molecule has 0 aliphatic heterocycles. The van der Waals surface area contributed by atoms with Gasteiger partial charge in [-0.3, -0.25) is 14.2 Å². The first kappa shape index (κ1) is 19.9. The maximum Gasteiger partial charge on any atom is 0.261 e. The Morgan fingerprint density at radius 3 is 2.75 bits per heavy atom. The minimum atomic E-state index is -0.259. The highest BCUT2D eigenvalue weighted by atomic mass is 79.9. The molecule has 0 saturated heterocycles. The monoisotopic (exact) mass is 445 g/mol. The Bertz CT molecular complexity index is 1060. The van der Waals surface area contributed by atoms with Crippen LogP contribution in [0.25, 0.3) is 10.9 Å². The number of ether oxygens (including phenoxy) is 2. The van der Waals surface area contributed by atoms with Crippen LogP contribution in [0.5, 0.6) is 11.5 Å². The number of benzene rings is 2. The van der Waals surface area contributed by atoms with Crippen molar-refractivity contribution in [3.05, 3.63) is 63.1 Å². The van der Waals surface area contributed by atoms with Gasteiger partial charge in [-0.15, -0.1) is 0 Å². The molecular weight excluding hydrogens is 426 g/mol. The van der Waals surface area contributed by atoms with Crippen LogP contribution in [0.15, 0.2) is 52.0 Å². The third kappa shape index (κ3) is 4.51. The minimum Gasteiger partial charge on any atom is -0.497 e. The Morgan fingerprint density at radius 2 is 2.00 bits per heavy atom. The zero-order valence-electron chi connectivity index (χ0n) is 15.6. The van der Waals surface area contributed by atoms with E-state index in [9.17, 15) is 9.59 Å². The van der Waals surface area contributed by atoms with Gasteiger partial charge in [-0.1, -0.05) is 22.0 Å². The minimum absolute atomic E-state index is 0.0893. The van der Waals surface area contributed by atoms with Crippen molar-refractivity contribution in [1.82, 2.24) is 14.9 Å². The highest BCUT2D eigenvalue weighted by Crippen LogP contribution is 2.24. The first-order valence-corrected chi connectivity index (χ1v) is 9.43. The molecule has 28 heavy (non-hydrogen) atoms. The van der Waals surface area contributed by atoms with Crippen LogP contribution in [-0.4, -0.2) is 36.2 Å². The van der Waals surface area contributed by atoms with Gasteiger partial charge < -0.3 is 14.8 Å². The molecule has 1 N–H and O–H groups in total. The largest absolute Gasteiger partial charge is 0.497 e. The van der Waals surface area contributed by atoms with Crippen LogP contribution in [0.4, 0.5) is 0 Å². The summed E-state index contributed by atoms with van der Waals surface area (Å²) < 4.78 is 12.6. The van der Waals surface area contributed by atoms with Crippen LogP contribution in [0.2, 0.25) is 0 Å². The summed E-state index contributed by atoms with van der Waals surface area (Å²) in [7, 11) is 3.19. The fourth-order valence-electron chi connectivity index (χ4n) is 2.85. The molecule has 0 radical (unpaired) electrons. The van der Waals surface area contributed by atoms with Crippen molar-refractivity contribution >= 4 is 32.7 Å². The van der Waals surface area contributed by atoms with Crippen LogP contribution in [0.3, 0.4) is 0 Å². The number of aromatic nitrogens is 2. The average molecular weight is 446 g/mol. The molecule has 0 spiro atoms. The third-order valence-corrected chi connectivity index (χ3v) is 4.80. The van der Waals surface area contributed by atoms with E-state index in [2.05, 4.69) is 26.2 Å². The van der Waals surface area contributed by atoms with E-state index in [0.29, 0.717) is 35.4 Å². The molecule has 3 aromatic rings. The smallest absolute Gasteiger partial charge is 0.261 e. The summed E-state index contributed by atoms with van der Waals surface area (Å²) in [5.41, 5.74) is 1.30. The van der Waals surface area contributed by atoms with Crippen molar-refractivity contribution in [3.63, 3.8) is 0 Å². The topological polar surface area (TPSA) is 82.5 Å². The second-order valence-corrected chi connectivity index (χ2v) is 7.03. The van der Waals surface area contributed by atoms with E-state index in [1.165, 1.54) is 10.9 Å². The lowest BCUT2D eigenvalue weighted by molar-refractivity contribution is -0.121. The molecule has 1 amide bonds. The normalized spacial score (nSPS) is 10.7. The number of nitrogens with zero attached hydrogens (tertiary/aromatic N) is 2. The van der Waals surface area contributed by atoms with Crippen molar-refractivity contribution in [2.75, 3.05) is 20.8 Å². The first-order chi connectivity index (χ1) is 13.5. The molecule has 0 bridgehead atoms. The van der Waals surface area contributed by atoms with Gasteiger partial charge in [0.2, 0.25) is 5.91 Å². The molecule has 2 aromatic carbocycles. The van der Waals surface area contributed by atoms with Gasteiger partial charge in [0.05, 0.1) is 31.4 Å². The Morgan fingerprint density at radius 1 is 1.18 bits per heavy atom. The summed E-state index contributed by atoms with van der Waals surface area (Å²) in [5.74, 6) is 1.15. The Balaban J connectivity index is 1.63. The van der Waals surface area contributed by atoms with E-state index in [-0.39, 0.29) is 18.0 Å². The molecule has 0 saturated carbocycles. The summed E-state index contributed by atoms with van der Waals surface area (Å²) in [4.78, 5) is 29.0. The fraction of sp³-hybridized carbons (Fsp3) is 0.250. The van der Waals surface area contributed by atoms with Crippen LogP contribution < -0.4 is 20.3 Å².